The Bertz CT molecular complexity index is 364. The molecule has 1 amide bonds. The number of benzene rings is 1. The van der Waals surface area contributed by atoms with Gasteiger partial charge in [0.1, 0.15) is 0 Å². The second-order valence-corrected chi connectivity index (χ2v) is 2.78. The maximum Gasteiger partial charge on any atom is 0.211 e. The molecule has 2 rings (SSSR count). The van der Waals surface area contributed by atoms with Crippen LogP contribution in [-0.4, -0.2) is 19.2 Å². The van der Waals surface area contributed by atoms with E-state index in [9.17, 15) is 4.79 Å². The summed E-state index contributed by atoms with van der Waals surface area (Å²) in [6.45, 7) is 0.728. The normalized spacial score (nSPS) is 14.4. The van der Waals surface area contributed by atoms with Crippen LogP contribution in [-0.2, 0) is 4.79 Å². The molecule has 1 aromatic carbocycles. The molecule has 1 aliphatic rings. The lowest BCUT2D eigenvalue weighted by atomic mass is 10.3. The van der Waals surface area contributed by atoms with Gasteiger partial charge in [-0.3, -0.25) is 4.79 Å². The number of anilines is 2. The van der Waals surface area contributed by atoms with E-state index >= 15 is 0 Å². The van der Waals surface area contributed by atoms with E-state index in [2.05, 4.69) is 15.8 Å². The maximum atomic E-state index is 10.2. The molecule has 0 saturated heterocycles. The summed E-state index contributed by atoms with van der Waals surface area (Å²) in [5, 5.41) is 8.34. The lowest BCUT2D eigenvalue weighted by Gasteiger charge is -2.14. The first-order chi connectivity index (χ1) is 6.90. The molecule has 1 aromatic rings. The zero-order chi connectivity index (χ0) is 9.80. The van der Waals surface area contributed by atoms with Gasteiger partial charge in [-0.05, 0) is 18.2 Å². The number of amides is 1. The molecule has 0 atom stereocenters. The molecule has 14 heavy (non-hydrogen) atoms. The summed E-state index contributed by atoms with van der Waals surface area (Å²) >= 11 is 0. The van der Waals surface area contributed by atoms with Crippen molar-refractivity contribution >= 4 is 24.0 Å². The first kappa shape index (κ1) is 8.71. The Morgan fingerprint density at radius 1 is 1.57 bits per heavy atom. The first-order valence-corrected chi connectivity index (χ1v) is 4.26. The van der Waals surface area contributed by atoms with Crippen molar-refractivity contribution < 1.29 is 4.79 Å². The average molecular weight is 190 g/mol. The third kappa shape index (κ3) is 1.72. The number of carbonyl (C=O) groups is 1. The van der Waals surface area contributed by atoms with E-state index in [0.717, 1.165) is 17.9 Å². The number of hydrogen-bond donors (Lipinski definition) is 2. The second-order valence-electron chi connectivity index (χ2n) is 2.78. The summed E-state index contributed by atoms with van der Waals surface area (Å²) in [4.78, 5) is 10.2. The zero-order valence-electron chi connectivity index (χ0n) is 7.47. The van der Waals surface area contributed by atoms with Crippen LogP contribution in [0.3, 0.4) is 0 Å². The average Bonchev–Trinajstić information content (AvgIpc) is 2.71. The smallest absolute Gasteiger partial charge is 0.211 e. The monoisotopic (exact) mass is 190 g/mol. The fourth-order valence-electron chi connectivity index (χ4n) is 1.24. The van der Waals surface area contributed by atoms with E-state index in [1.54, 1.807) is 11.3 Å². The fourth-order valence-corrected chi connectivity index (χ4v) is 1.24. The van der Waals surface area contributed by atoms with Crippen LogP contribution in [0, 0.1) is 0 Å². The summed E-state index contributed by atoms with van der Waals surface area (Å²) < 4.78 is 0. The molecule has 0 fully saturated rings. The number of nitrogens with zero attached hydrogens (tertiary/aromatic N) is 2. The van der Waals surface area contributed by atoms with Crippen molar-refractivity contribution in [1.82, 2.24) is 5.43 Å². The summed E-state index contributed by atoms with van der Waals surface area (Å²) in [6, 6.07) is 7.42. The predicted octanol–water partition coefficient (Wildman–Crippen LogP) is 0.565. The predicted molar refractivity (Wildman–Crippen MR) is 55.1 cm³/mol. The van der Waals surface area contributed by atoms with Gasteiger partial charge in [-0.25, -0.2) is 5.43 Å². The van der Waals surface area contributed by atoms with Gasteiger partial charge in [-0.1, -0.05) is 6.07 Å². The van der Waals surface area contributed by atoms with Gasteiger partial charge in [-0.15, -0.1) is 0 Å². The highest BCUT2D eigenvalue weighted by Gasteiger charge is 2.07. The number of hydrazone groups is 1. The number of hydrazine groups is 1. The fraction of sp³-hybridized carbons (Fsp3) is 0.111. The Kier molecular flexibility index (Phi) is 2.42. The van der Waals surface area contributed by atoms with Crippen molar-refractivity contribution in [1.29, 1.82) is 0 Å². The molecule has 5 nitrogen and oxygen atoms in total. The topological polar surface area (TPSA) is 56.7 Å². The first-order valence-electron chi connectivity index (χ1n) is 4.26. The van der Waals surface area contributed by atoms with E-state index in [1.807, 2.05) is 24.3 Å². The summed E-state index contributed by atoms with van der Waals surface area (Å²) in [5.74, 6) is 0. The van der Waals surface area contributed by atoms with Crippen molar-refractivity contribution in [3.05, 3.63) is 24.3 Å². The van der Waals surface area contributed by atoms with Crippen LogP contribution in [0.15, 0.2) is 29.4 Å². The molecular formula is C9H10N4O. The van der Waals surface area contributed by atoms with Crippen LogP contribution < -0.4 is 15.9 Å². The molecule has 72 valence electrons. The maximum absolute atomic E-state index is 10.2. The van der Waals surface area contributed by atoms with Crippen LogP contribution in [0.5, 0.6) is 0 Å². The van der Waals surface area contributed by atoms with Crippen LogP contribution in [0.4, 0.5) is 11.4 Å². The Balaban J connectivity index is 2.20. The van der Waals surface area contributed by atoms with Gasteiger partial charge in [0.05, 0.1) is 12.2 Å². The largest absolute Gasteiger partial charge is 0.329 e. The van der Waals surface area contributed by atoms with E-state index in [-0.39, 0.29) is 0 Å². The number of hydrogen-bond acceptors (Lipinski definition) is 4. The zero-order valence-corrected chi connectivity index (χ0v) is 7.47. The number of nitrogens with one attached hydrogen (secondary N) is 2. The van der Waals surface area contributed by atoms with Crippen molar-refractivity contribution in [3.8, 4) is 0 Å². The second kappa shape index (κ2) is 3.89. The lowest BCUT2D eigenvalue weighted by molar-refractivity contribution is -0.105. The molecule has 1 aliphatic heterocycles. The molecule has 0 spiro atoms. The minimum atomic E-state index is 0.653. The van der Waals surface area contributed by atoms with Gasteiger partial charge in [0.2, 0.25) is 6.41 Å². The molecule has 0 aromatic heterocycles. The molecule has 0 aliphatic carbocycles. The molecule has 0 bridgehead atoms. The molecular weight excluding hydrogens is 180 g/mol. The van der Waals surface area contributed by atoms with Gasteiger partial charge in [0.25, 0.3) is 0 Å². The van der Waals surface area contributed by atoms with Gasteiger partial charge in [0.15, 0.2) is 0 Å². The van der Waals surface area contributed by atoms with Crippen molar-refractivity contribution in [3.63, 3.8) is 0 Å². The molecule has 2 N–H and O–H groups in total. The third-order valence-electron chi connectivity index (χ3n) is 1.85. The minimum Gasteiger partial charge on any atom is -0.329 e. The van der Waals surface area contributed by atoms with Crippen LogP contribution in [0.2, 0.25) is 0 Å². The molecule has 0 unspecified atom stereocenters. The molecule has 0 saturated carbocycles. The number of rotatable bonds is 3. The van der Waals surface area contributed by atoms with Gasteiger partial charge in [0, 0.05) is 11.9 Å². The Morgan fingerprint density at radius 3 is 3.21 bits per heavy atom. The van der Waals surface area contributed by atoms with Gasteiger partial charge < -0.3 is 5.32 Å². The highest BCUT2D eigenvalue weighted by atomic mass is 16.1. The van der Waals surface area contributed by atoms with E-state index in [4.69, 9.17) is 0 Å². The molecule has 5 heteroatoms. The Labute approximate surface area is 81.4 Å². The third-order valence-corrected chi connectivity index (χ3v) is 1.85. The van der Waals surface area contributed by atoms with Gasteiger partial charge in [-0.2, -0.15) is 10.2 Å². The van der Waals surface area contributed by atoms with E-state index in [1.165, 1.54) is 0 Å². The lowest BCUT2D eigenvalue weighted by Crippen LogP contribution is -2.28. The SMILES string of the molecule is O=CNc1cccc(N2N=CCN2)c1. The summed E-state index contributed by atoms with van der Waals surface area (Å²) in [5.41, 5.74) is 4.68. The standard InChI is InChI=1S/C9H10N4O/c14-7-10-8-2-1-3-9(6-8)13-11-4-5-12-13/h1-4,6-7,12H,5H2,(H,10,14). The molecule has 1 heterocycles. The quantitative estimate of drug-likeness (QED) is 0.685. The Morgan fingerprint density at radius 2 is 2.50 bits per heavy atom. The van der Waals surface area contributed by atoms with Crippen molar-refractivity contribution in [2.24, 2.45) is 5.10 Å². The summed E-state index contributed by atoms with van der Waals surface area (Å²) in [6.07, 6.45) is 2.43. The van der Waals surface area contributed by atoms with Crippen molar-refractivity contribution in [2.45, 2.75) is 0 Å². The minimum absolute atomic E-state index is 0.653. The van der Waals surface area contributed by atoms with Gasteiger partial charge >= 0.3 is 0 Å². The highest BCUT2D eigenvalue weighted by molar-refractivity contribution is 5.74. The highest BCUT2D eigenvalue weighted by Crippen LogP contribution is 2.18. The molecule has 0 radical (unpaired) electrons. The van der Waals surface area contributed by atoms with Crippen LogP contribution in [0.25, 0.3) is 0 Å². The number of carbonyl (C=O) groups excluding carboxylic acids is 1. The Hall–Kier alpha value is -1.88. The van der Waals surface area contributed by atoms with E-state index in [0.29, 0.717) is 6.41 Å². The van der Waals surface area contributed by atoms with Crippen LogP contribution >= 0.6 is 0 Å². The van der Waals surface area contributed by atoms with E-state index < -0.39 is 0 Å². The van der Waals surface area contributed by atoms with Crippen LogP contribution in [0.1, 0.15) is 0 Å². The van der Waals surface area contributed by atoms with Crippen molar-refractivity contribution in [2.75, 3.05) is 17.0 Å². The summed E-state index contributed by atoms with van der Waals surface area (Å²) in [7, 11) is 0.